The van der Waals surface area contributed by atoms with Gasteiger partial charge in [-0.05, 0) is 44.8 Å². The van der Waals surface area contributed by atoms with E-state index in [4.69, 9.17) is 0 Å². The largest absolute Gasteiger partial charge is 0.313 e. The van der Waals surface area contributed by atoms with Crippen LogP contribution >= 0.6 is 0 Å². The average molecular weight is 198 g/mol. The van der Waals surface area contributed by atoms with Crippen LogP contribution in [-0.4, -0.2) is 37.6 Å². The molecule has 2 nitrogen and oxygen atoms in total. The van der Waals surface area contributed by atoms with E-state index in [1.165, 1.54) is 32.4 Å². The second-order valence-electron chi connectivity index (χ2n) is 5.48. The van der Waals surface area contributed by atoms with E-state index in [1.807, 2.05) is 0 Å². The van der Waals surface area contributed by atoms with Gasteiger partial charge in [0.05, 0.1) is 0 Å². The zero-order chi connectivity index (χ0) is 10.6. The standard InChI is InChI=1S/C12H26N2/c1-5-12(2,3)10-13-11-6-8-14(4)9-7-11/h11,13H,5-10H2,1-4H3. The van der Waals surface area contributed by atoms with Crippen LogP contribution in [0.15, 0.2) is 0 Å². The lowest BCUT2D eigenvalue weighted by atomic mass is 9.89. The van der Waals surface area contributed by atoms with Crippen molar-refractivity contribution in [2.45, 2.75) is 46.1 Å². The second kappa shape index (κ2) is 5.13. The van der Waals surface area contributed by atoms with Crippen molar-refractivity contribution < 1.29 is 0 Å². The minimum absolute atomic E-state index is 0.462. The molecule has 14 heavy (non-hydrogen) atoms. The van der Waals surface area contributed by atoms with Gasteiger partial charge in [0.2, 0.25) is 0 Å². The number of nitrogens with one attached hydrogen (secondary N) is 1. The number of piperidine rings is 1. The molecule has 1 saturated heterocycles. The first kappa shape index (κ1) is 12.0. The van der Waals surface area contributed by atoms with E-state index in [0.717, 1.165) is 12.6 Å². The van der Waals surface area contributed by atoms with Gasteiger partial charge >= 0.3 is 0 Å². The summed E-state index contributed by atoms with van der Waals surface area (Å²) in [5, 5.41) is 3.71. The summed E-state index contributed by atoms with van der Waals surface area (Å²) < 4.78 is 0. The van der Waals surface area contributed by atoms with Gasteiger partial charge in [-0.1, -0.05) is 20.8 Å². The molecule has 0 radical (unpaired) electrons. The third kappa shape index (κ3) is 3.97. The summed E-state index contributed by atoms with van der Waals surface area (Å²) >= 11 is 0. The molecule has 84 valence electrons. The van der Waals surface area contributed by atoms with Gasteiger partial charge in [-0.25, -0.2) is 0 Å². The van der Waals surface area contributed by atoms with Crippen LogP contribution in [0.1, 0.15) is 40.0 Å². The first-order chi connectivity index (χ1) is 6.53. The average Bonchev–Trinajstić information content (AvgIpc) is 2.17. The Kier molecular flexibility index (Phi) is 4.39. The Morgan fingerprint density at radius 2 is 1.86 bits per heavy atom. The monoisotopic (exact) mass is 198 g/mol. The van der Waals surface area contributed by atoms with Crippen LogP contribution < -0.4 is 5.32 Å². The summed E-state index contributed by atoms with van der Waals surface area (Å²) in [6.45, 7) is 10.6. The van der Waals surface area contributed by atoms with Crippen LogP contribution in [-0.2, 0) is 0 Å². The van der Waals surface area contributed by atoms with E-state index in [2.05, 4.69) is 38.0 Å². The van der Waals surface area contributed by atoms with E-state index < -0.39 is 0 Å². The van der Waals surface area contributed by atoms with Gasteiger partial charge in [0.25, 0.3) is 0 Å². The summed E-state index contributed by atoms with van der Waals surface area (Å²) in [6.07, 6.45) is 3.89. The maximum absolute atomic E-state index is 3.71. The van der Waals surface area contributed by atoms with Crippen molar-refractivity contribution >= 4 is 0 Å². The van der Waals surface area contributed by atoms with Crippen LogP contribution in [0.25, 0.3) is 0 Å². The number of nitrogens with zero attached hydrogens (tertiary/aromatic N) is 1. The summed E-state index contributed by atoms with van der Waals surface area (Å²) in [6, 6.07) is 0.761. The maximum Gasteiger partial charge on any atom is 0.00916 e. The Hall–Kier alpha value is -0.0800. The van der Waals surface area contributed by atoms with Crippen molar-refractivity contribution in [2.75, 3.05) is 26.7 Å². The lowest BCUT2D eigenvalue weighted by Crippen LogP contribution is -2.43. The van der Waals surface area contributed by atoms with Crippen molar-refractivity contribution in [1.82, 2.24) is 10.2 Å². The SMILES string of the molecule is CCC(C)(C)CNC1CCN(C)CC1. The quantitative estimate of drug-likeness (QED) is 0.744. The van der Waals surface area contributed by atoms with Gasteiger partial charge in [-0.3, -0.25) is 0 Å². The van der Waals surface area contributed by atoms with Crippen molar-refractivity contribution in [3.05, 3.63) is 0 Å². The Morgan fingerprint density at radius 1 is 1.29 bits per heavy atom. The van der Waals surface area contributed by atoms with Gasteiger partial charge in [-0.15, -0.1) is 0 Å². The Labute approximate surface area is 89.1 Å². The minimum Gasteiger partial charge on any atom is -0.313 e. The van der Waals surface area contributed by atoms with Gasteiger partial charge in [-0.2, -0.15) is 0 Å². The normalized spacial score (nSPS) is 21.4. The van der Waals surface area contributed by atoms with Crippen molar-refractivity contribution in [3.8, 4) is 0 Å². The van der Waals surface area contributed by atoms with Crippen LogP contribution in [0.2, 0.25) is 0 Å². The molecule has 0 atom stereocenters. The minimum atomic E-state index is 0.462. The third-order valence-electron chi connectivity index (χ3n) is 3.54. The zero-order valence-corrected chi connectivity index (χ0v) is 10.3. The molecule has 0 aromatic carbocycles. The molecule has 0 aliphatic carbocycles. The molecule has 2 heteroatoms. The molecule has 0 amide bonds. The molecule has 0 saturated carbocycles. The first-order valence-electron chi connectivity index (χ1n) is 5.95. The summed E-state index contributed by atoms with van der Waals surface area (Å²) in [7, 11) is 2.21. The van der Waals surface area contributed by atoms with Gasteiger partial charge in [0.1, 0.15) is 0 Å². The summed E-state index contributed by atoms with van der Waals surface area (Å²) in [4.78, 5) is 2.42. The van der Waals surface area contributed by atoms with E-state index in [9.17, 15) is 0 Å². The number of likely N-dealkylation sites (tertiary alicyclic amines) is 1. The number of hydrogen-bond acceptors (Lipinski definition) is 2. The molecule has 1 aliphatic heterocycles. The van der Waals surface area contributed by atoms with Crippen LogP contribution in [0.4, 0.5) is 0 Å². The second-order valence-corrected chi connectivity index (χ2v) is 5.48. The molecule has 1 fully saturated rings. The molecule has 1 aliphatic rings. The smallest absolute Gasteiger partial charge is 0.00916 e. The van der Waals surface area contributed by atoms with E-state index >= 15 is 0 Å². The fourth-order valence-electron chi connectivity index (χ4n) is 1.76. The molecule has 0 aromatic rings. The van der Waals surface area contributed by atoms with E-state index in [-0.39, 0.29) is 0 Å². The van der Waals surface area contributed by atoms with Crippen LogP contribution in [0, 0.1) is 5.41 Å². The molecule has 1 heterocycles. The summed E-state index contributed by atoms with van der Waals surface area (Å²) in [5.41, 5.74) is 0.462. The fraction of sp³-hybridized carbons (Fsp3) is 1.00. The van der Waals surface area contributed by atoms with Crippen LogP contribution in [0.5, 0.6) is 0 Å². The van der Waals surface area contributed by atoms with Crippen molar-refractivity contribution in [2.24, 2.45) is 5.41 Å². The van der Waals surface area contributed by atoms with Gasteiger partial charge in [0.15, 0.2) is 0 Å². The van der Waals surface area contributed by atoms with Gasteiger partial charge < -0.3 is 10.2 Å². The topological polar surface area (TPSA) is 15.3 Å². The maximum atomic E-state index is 3.71. The predicted molar refractivity (Wildman–Crippen MR) is 62.6 cm³/mol. The summed E-state index contributed by atoms with van der Waals surface area (Å²) in [5.74, 6) is 0. The Bertz CT molecular complexity index is 158. The van der Waals surface area contributed by atoms with Crippen LogP contribution in [0.3, 0.4) is 0 Å². The first-order valence-corrected chi connectivity index (χ1v) is 5.95. The Balaban J connectivity index is 2.19. The molecular weight excluding hydrogens is 172 g/mol. The third-order valence-corrected chi connectivity index (χ3v) is 3.54. The van der Waals surface area contributed by atoms with Crippen molar-refractivity contribution in [3.63, 3.8) is 0 Å². The highest BCUT2D eigenvalue weighted by Crippen LogP contribution is 2.19. The van der Waals surface area contributed by atoms with E-state index in [0.29, 0.717) is 5.41 Å². The highest BCUT2D eigenvalue weighted by Gasteiger charge is 2.20. The lowest BCUT2D eigenvalue weighted by Gasteiger charge is -2.32. The zero-order valence-electron chi connectivity index (χ0n) is 10.3. The molecular formula is C12H26N2. The lowest BCUT2D eigenvalue weighted by molar-refractivity contribution is 0.215. The predicted octanol–water partition coefficient (Wildman–Crippen LogP) is 2.11. The number of rotatable bonds is 4. The van der Waals surface area contributed by atoms with Crippen molar-refractivity contribution in [1.29, 1.82) is 0 Å². The molecule has 1 rings (SSSR count). The Morgan fingerprint density at radius 3 is 2.36 bits per heavy atom. The molecule has 1 N–H and O–H groups in total. The molecule has 0 aromatic heterocycles. The molecule has 0 unspecified atom stereocenters. The van der Waals surface area contributed by atoms with E-state index in [1.54, 1.807) is 0 Å². The fourth-order valence-corrected chi connectivity index (χ4v) is 1.76. The van der Waals surface area contributed by atoms with Gasteiger partial charge in [0, 0.05) is 12.6 Å². The number of hydrogen-bond donors (Lipinski definition) is 1. The highest BCUT2D eigenvalue weighted by molar-refractivity contribution is 4.78. The highest BCUT2D eigenvalue weighted by atomic mass is 15.1. The molecule has 0 spiro atoms. The molecule has 0 bridgehead atoms.